The molecule has 3 aliphatic heterocycles. The Labute approximate surface area is 156 Å². The standard InChI is InChI=1S/C19H20ClN3O3/c20-10-1-3-13(15(24)7-10)18-14-8-12-2-4-16(26-12)17(14)19(23-22-18)21-11-5-6-25-9-11/h1,3,7,11-12,16,24H,2,4-6,8-9H2,(H,21,23)/t11-,12-,16+/m1/s1. The summed E-state index contributed by atoms with van der Waals surface area (Å²) in [6.07, 6.45) is 4.03. The van der Waals surface area contributed by atoms with Crippen LogP contribution >= 0.6 is 11.6 Å². The van der Waals surface area contributed by atoms with Crippen molar-refractivity contribution in [3.63, 3.8) is 0 Å². The van der Waals surface area contributed by atoms with Crippen molar-refractivity contribution in [3.05, 3.63) is 34.3 Å². The minimum Gasteiger partial charge on any atom is -0.507 e. The van der Waals surface area contributed by atoms with E-state index in [0.29, 0.717) is 17.2 Å². The normalized spacial score (nSPS) is 26.7. The molecule has 3 atom stereocenters. The maximum absolute atomic E-state index is 10.4. The number of ether oxygens (including phenoxy) is 2. The summed E-state index contributed by atoms with van der Waals surface area (Å²) in [5.41, 5.74) is 3.60. The van der Waals surface area contributed by atoms with Crippen molar-refractivity contribution in [1.29, 1.82) is 0 Å². The van der Waals surface area contributed by atoms with Crippen LogP contribution in [0.4, 0.5) is 5.82 Å². The van der Waals surface area contributed by atoms with Gasteiger partial charge in [0.05, 0.1) is 24.9 Å². The van der Waals surface area contributed by atoms with Gasteiger partial charge in [0, 0.05) is 29.2 Å². The van der Waals surface area contributed by atoms with Gasteiger partial charge in [0.2, 0.25) is 0 Å². The number of hydrogen-bond donors (Lipinski definition) is 2. The van der Waals surface area contributed by atoms with E-state index < -0.39 is 0 Å². The Morgan fingerprint density at radius 1 is 1.19 bits per heavy atom. The predicted octanol–water partition coefficient (Wildman–Crippen LogP) is 3.48. The number of nitrogens with zero attached hydrogens (tertiary/aromatic N) is 2. The summed E-state index contributed by atoms with van der Waals surface area (Å²) in [7, 11) is 0. The van der Waals surface area contributed by atoms with E-state index in [1.54, 1.807) is 18.2 Å². The molecule has 2 fully saturated rings. The molecule has 0 radical (unpaired) electrons. The molecule has 0 aliphatic carbocycles. The van der Waals surface area contributed by atoms with Crippen molar-refractivity contribution in [3.8, 4) is 17.0 Å². The second-order valence-corrected chi connectivity index (χ2v) is 7.62. The fourth-order valence-corrected chi connectivity index (χ4v) is 4.37. The zero-order valence-corrected chi connectivity index (χ0v) is 15.0. The summed E-state index contributed by atoms with van der Waals surface area (Å²) >= 11 is 5.99. The maximum atomic E-state index is 10.4. The quantitative estimate of drug-likeness (QED) is 0.857. The maximum Gasteiger partial charge on any atom is 0.155 e. The molecule has 2 N–H and O–H groups in total. The summed E-state index contributed by atoms with van der Waals surface area (Å²) in [6.45, 7) is 1.45. The molecule has 3 aliphatic rings. The van der Waals surface area contributed by atoms with E-state index in [0.717, 1.165) is 54.9 Å². The van der Waals surface area contributed by atoms with Gasteiger partial charge in [-0.3, -0.25) is 0 Å². The van der Waals surface area contributed by atoms with Crippen LogP contribution in [0.1, 0.15) is 36.5 Å². The molecule has 26 heavy (non-hydrogen) atoms. The number of hydrogen-bond acceptors (Lipinski definition) is 6. The molecule has 0 unspecified atom stereocenters. The van der Waals surface area contributed by atoms with Crippen LogP contribution in [0.25, 0.3) is 11.3 Å². The Balaban J connectivity index is 1.62. The van der Waals surface area contributed by atoms with E-state index in [1.165, 1.54) is 0 Å². The van der Waals surface area contributed by atoms with E-state index in [-0.39, 0.29) is 24.0 Å². The zero-order chi connectivity index (χ0) is 17.7. The number of fused-ring (bicyclic) bond motifs is 4. The lowest BCUT2D eigenvalue weighted by molar-refractivity contribution is 0.0325. The molecule has 0 saturated carbocycles. The molecule has 6 nitrogen and oxygen atoms in total. The molecule has 0 spiro atoms. The van der Waals surface area contributed by atoms with Crippen molar-refractivity contribution < 1.29 is 14.6 Å². The summed E-state index contributed by atoms with van der Waals surface area (Å²) in [5, 5.41) is 23.3. The van der Waals surface area contributed by atoms with Gasteiger partial charge < -0.3 is 19.9 Å². The molecule has 1 aromatic carbocycles. The first kappa shape index (κ1) is 16.3. The first-order chi connectivity index (χ1) is 12.7. The van der Waals surface area contributed by atoms with E-state index in [4.69, 9.17) is 21.1 Å². The predicted molar refractivity (Wildman–Crippen MR) is 97.5 cm³/mol. The number of aromatic hydroxyl groups is 1. The Hall–Kier alpha value is -1.89. The van der Waals surface area contributed by atoms with Crippen LogP contribution in [0, 0.1) is 0 Å². The lowest BCUT2D eigenvalue weighted by atomic mass is 9.94. The van der Waals surface area contributed by atoms with Gasteiger partial charge in [-0.15, -0.1) is 10.2 Å². The minimum absolute atomic E-state index is 0.0391. The van der Waals surface area contributed by atoms with Crippen molar-refractivity contribution >= 4 is 17.4 Å². The molecule has 2 saturated heterocycles. The third kappa shape index (κ3) is 2.73. The first-order valence-corrected chi connectivity index (χ1v) is 9.45. The fraction of sp³-hybridized carbons (Fsp3) is 0.474. The molecule has 7 heteroatoms. The number of rotatable bonds is 3. The highest BCUT2D eigenvalue weighted by Crippen LogP contribution is 2.47. The number of anilines is 1. The average molecular weight is 374 g/mol. The third-order valence-corrected chi connectivity index (χ3v) is 5.70. The van der Waals surface area contributed by atoms with Crippen LogP contribution in [0.5, 0.6) is 5.75 Å². The largest absolute Gasteiger partial charge is 0.507 e. The molecule has 1 aromatic heterocycles. The van der Waals surface area contributed by atoms with Crippen LogP contribution in [-0.4, -0.2) is 40.7 Å². The average Bonchev–Trinajstić information content (AvgIpc) is 3.26. The Morgan fingerprint density at radius 2 is 2.12 bits per heavy atom. The van der Waals surface area contributed by atoms with Crippen molar-refractivity contribution in [1.82, 2.24) is 10.2 Å². The first-order valence-electron chi connectivity index (χ1n) is 9.07. The highest BCUT2D eigenvalue weighted by molar-refractivity contribution is 6.30. The van der Waals surface area contributed by atoms with E-state index in [2.05, 4.69) is 15.5 Å². The van der Waals surface area contributed by atoms with Gasteiger partial charge in [-0.05, 0) is 43.0 Å². The highest BCUT2D eigenvalue weighted by atomic mass is 35.5. The van der Waals surface area contributed by atoms with E-state index in [1.807, 2.05) is 0 Å². The molecule has 2 bridgehead atoms. The summed E-state index contributed by atoms with van der Waals surface area (Å²) in [5.74, 6) is 0.913. The summed E-state index contributed by atoms with van der Waals surface area (Å²) in [4.78, 5) is 0. The molecule has 4 heterocycles. The van der Waals surface area contributed by atoms with E-state index in [9.17, 15) is 5.11 Å². The van der Waals surface area contributed by atoms with Gasteiger partial charge in [-0.2, -0.15) is 0 Å². The summed E-state index contributed by atoms with van der Waals surface area (Å²) < 4.78 is 11.6. The van der Waals surface area contributed by atoms with E-state index >= 15 is 0 Å². The van der Waals surface area contributed by atoms with Crippen LogP contribution < -0.4 is 5.32 Å². The number of halogens is 1. The number of benzene rings is 1. The highest BCUT2D eigenvalue weighted by Gasteiger charge is 2.38. The topological polar surface area (TPSA) is 76.5 Å². The van der Waals surface area contributed by atoms with Gasteiger partial charge in [0.1, 0.15) is 11.4 Å². The third-order valence-electron chi connectivity index (χ3n) is 5.46. The lowest BCUT2D eigenvalue weighted by Gasteiger charge is -2.28. The number of phenolic OH excluding ortho intramolecular Hbond substituents is 1. The van der Waals surface area contributed by atoms with Gasteiger partial charge in [-0.25, -0.2) is 0 Å². The molecular formula is C19H20ClN3O3. The Kier molecular flexibility index (Phi) is 3.99. The molecule has 0 amide bonds. The zero-order valence-electron chi connectivity index (χ0n) is 14.2. The van der Waals surface area contributed by atoms with Gasteiger partial charge in [-0.1, -0.05) is 11.6 Å². The Bertz CT molecular complexity index is 854. The van der Waals surface area contributed by atoms with Crippen molar-refractivity contribution in [2.24, 2.45) is 0 Å². The van der Waals surface area contributed by atoms with Crippen LogP contribution in [0.3, 0.4) is 0 Å². The monoisotopic (exact) mass is 373 g/mol. The van der Waals surface area contributed by atoms with Gasteiger partial charge in [0.15, 0.2) is 5.82 Å². The minimum atomic E-state index is 0.0391. The lowest BCUT2D eigenvalue weighted by Crippen LogP contribution is -2.26. The number of aromatic nitrogens is 2. The van der Waals surface area contributed by atoms with Crippen molar-refractivity contribution in [2.75, 3.05) is 18.5 Å². The molecule has 136 valence electrons. The molecule has 2 aromatic rings. The molecule has 5 rings (SSSR count). The van der Waals surface area contributed by atoms with Crippen LogP contribution in [-0.2, 0) is 15.9 Å². The summed E-state index contributed by atoms with van der Waals surface area (Å²) in [6, 6.07) is 5.36. The van der Waals surface area contributed by atoms with Crippen LogP contribution in [0.2, 0.25) is 5.02 Å². The SMILES string of the molecule is Oc1cc(Cl)ccc1-c1nnc(N[C@@H]2CCOC2)c2c1C[C@H]1CC[C@@H]2O1. The second-order valence-electron chi connectivity index (χ2n) is 7.18. The fourth-order valence-electron chi connectivity index (χ4n) is 4.20. The Morgan fingerprint density at radius 3 is 2.92 bits per heavy atom. The number of phenols is 1. The van der Waals surface area contributed by atoms with Crippen molar-refractivity contribution in [2.45, 2.75) is 43.9 Å². The van der Waals surface area contributed by atoms with Crippen LogP contribution in [0.15, 0.2) is 18.2 Å². The van der Waals surface area contributed by atoms with Gasteiger partial charge in [0.25, 0.3) is 0 Å². The smallest absolute Gasteiger partial charge is 0.155 e. The second kappa shape index (κ2) is 6.37. The van der Waals surface area contributed by atoms with Gasteiger partial charge >= 0.3 is 0 Å². The molecular weight excluding hydrogens is 354 g/mol. The number of nitrogens with one attached hydrogen (secondary N) is 1.